The van der Waals surface area contributed by atoms with E-state index in [2.05, 4.69) is 16.4 Å². The number of rotatable bonds is 4. The fourth-order valence-corrected chi connectivity index (χ4v) is 3.18. The Hall–Kier alpha value is -3.17. The van der Waals surface area contributed by atoms with Gasteiger partial charge in [-0.1, -0.05) is 30.3 Å². The van der Waals surface area contributed by atoms with Crippen molar-refractivity contribution in [1.82, 2.24) is 4.98 Å². The van der Waals surface area contributed by atoms with Gasteiger partial charge in [-0.25, -0.2) is 4.98 Å². The molecule has 3 rings (SSSR count). The quantitative estimate of drug-likeness (QED) is 0.769. The minimum absolute atomic E-state index is 0.378. The molecule has 0 saturated carbocycles. The summed E-state index contributed by atoms with van der Waals surface area (Å²) in [6.07, 6.45) is 1.58. The molecule has 2 aromatic heterocycles. The Kier molecular flexibility index (Phi) is 4.04. The highest BCUT2D eigenvalue weighted by atomic mass is 32.1. The van der Waals surface area contributed by atoms with Gasteiger partial charge in [-0.2, -0.15) is 5.26 Å². The van der Waals surface area contributed by atoms with Crippen LogP contribution in [0.25, 0.3) is 10.4 Å². The Labute approximate surface area is 137 Å². The molecule has 0 aliphatic carbocycles. The molecule has 1 amide bonds. The number of nitriles is 1. The minimum Gasteiger partial charge on any atom is -0.366 e. The van der Waals surface area contributed by atoms with Crippen molar-refractivity contribution in [3.63, 3.8) is 0 Å². The van der Waals surface area contributed by atoms with Crippen molar-refractivity contribution >= 4 is 28.1 Å². The molecule has 0 fully saturated rings. The highest BCUT2D eigenvalue weighted by Crippen LogP contribution is 2.36. The van der Waals surface area contributed by atoms with Crippen LogP contribution in [0.3, 0.4) is 0 Å². The number of carbonyl (C=O) groups is 1. The molecule has 5 nitrogen and oxygen atoms in total. The van der Waals surface area contributed by atoms with Crippen LogP contribution in [-0.4, -0.2) is 10.9 Å². The number of benzene rings is 1. The minimum atomic E-state index is -0.527. The third-order valence-electron chi connectivity index (χ3n) is 3.22. The molecule has 0 aliphatic rings. The van der Waals surface area contributed by atoms with E-state index in [1.165, 1.54) is 11.3 Å². The van der Waals surface area contributed by atoms with Gasteiger partial charge in [0.05, 0.1) is 11.1 Å². The van der Waals surface area contributed by atoms with E-state index in [0.29, 0.717) is 21.9 Å². The lowest BCUT2D eigenvalue weighted by molar-refractivity contribution is 0.100. The lowest BCUT2D eigenvalue weighted by Gasteiger charge is -2.05. The van der Waals surface area contributed by atoms with Crippen LogP contribution in [0.2, 0.25) is 0 Å². The molecule has 3 N–H and O–H groups in total. The van der Waals surface area contributed by atoms with Crippen molar-refractivity contribution in [2.24, 2.45) is 5.73 Å². The molecule has 0 saturated heterocycles. The number of thiophene rings is 1. The summed E-state index contributed by atoms with van der Waals surface area (Å²) in [5.74, 6) is -0.126. The highest BCUT2D eigenvalue weighted by molar-refractivity contribution is 7.19. The molecule has 3 aromatic rings. The van der Waals surface area contributed by atoms with Gasteiger partial charge in [0.1, 0.15) is 16.9 Å². The summed E-state index contributed by atoms with van der Waals surface area (Å²) in [7, 11) is 0. The smallest absolute Gasteiger partial charge is 0.251 e. The van der Waals surface area contributed by atoms with E-state index in [1.807, 2.05) is 30.3 Å². The van der Waals surface area contributed by atoms with E-state index in [1.54, 1.807) is 24.4 Å². The number of carbonyl (C=O) groups excluding carboxylic acids is 1. The molecular formula is C17H12N4OS. The molecule has 0 atom stereocenters. The predicted octanol–water partition coefficient (Wildman–Crippen LogP) is 3.52. The Morgan fingerprint density at radius 1 is 1.22 bits per heavy atom. The van der Waals surface area contributed by atoms with Gasteiger partial charge in [0.2, 0.25) is 0 Å². The Balaban J connectivity index is 2.03. The molecule has 23 heavy (non-hydrogen) atoms. The molecule has 0 bridgehead atoms. The normalized spacial score (nSPS) is 10.0. The first-order valence-electron chi connectivity index (χ1n) is 6.80. The molecular weight excluding hydrogens is 308 g/mol. The van der Waals surface area contributed by atoms with Gasteiger partial charge in [-0.15, -0.1) is 11.3 Å². The summed E-state index contributed by atoms with van der Waals surface area (Å²) in [5.41, 5.74) is 7.25. The molecule has 0 spiro atoms. The molecule has 112 valence electrons. The van der Waals surface area contributed by atoms with E-state index < -0.39 is 5.91 Å². The maximum atomic E-state index is 11.7. The van der Waals surface area contributed by atoms with Crippen molar-refractivity contribution in [1.29, 1.82) is 5.26 Å². The van der Waals surface area contributed by atoms with Crippen LogP contribution in [-0.2, 0) is 0 Å². The largest absolute Gasteiger partial charge is 0.366 e. The lowest BCUT2D eigenvalue weighted by Crippen LogP contribution is -2.11. The Morgan fingerprint density at radius 2 is 2.00 bits per heavy atom. The monoisotopic (exact) mass is 320 g/mol. The topological polar surface area (TPSA) is 91.8 Å². The van der Waals surface area contributed by atoms with Crippen molar-refractivity contribution in [2.75, 3.05) is 5.32 Å². The van der Waals surface area contributed by atoms with Crippen LogP contribution in [0, 0.1) is 11.3 Å². The van der Waals surface area contributed by atoms with E-state index in [4.69, 9.17) is 11.0 Å². The number of anilines is 2. The first kappa shape index (κ1) is 14.8. The lowest BCUT2D eigenvalue weighted by atomic mass is 10.1. The van der Waals surface area contributed by atoms with Gasteiger partial charge >= 0.3 is 0 Å². The average Bonchev–Trinajstić information content (AvgIpc) is 3.00. The fraction of sp³-hybridized carbons (Fsp3) is 0. The second kappa shape index (κ2) is 6.30. The van der Waals surface area contributed by atoms with Gasteiger partial charge < -0.3 is 11.1 Å². The molecule has 6 heteroatoms. The number of aromatic nitrogens is 1. The van der Waals surface area contributed by atoms with Gasteiger partial charge in [-0.3, -0.25) is 4.79 Å². The highest BCUT2D eigenvalue weighted by Gasteiger charge is 2.16. The number of nitrogens with one attached hydrogen (secondary N) is 1. The van der Waals surface area contributed by atoms with Gasteiger partial charge in [0.15, 0.2) is 0 Å². The second-order valence-corrected chi connectivity index (χ2v) is 5.77. The molecule has 2 heterocycles. The maximum Gasteiger partial charge on any atom is 0.251 e. The standard InChI is InChI=1S/C17H12N4OS/c18-10-12-7-4-8-20-16(12)21-17-13(15(19)22)9-14(23-17)11-5-2-1-3-6-11/h1-9H,(H2,19,22)(H,20,21). The maximum absolute atomic E-state index is 11.7. The fourth-order valence-electron chi connectivity index (χ4n) is 2.11. The molecule has 0 radical (unpaired) electrons. The number of primary amides is 1. The number of nitrogens with two attached hydrogens (primary N) is 1. The van der Waals surface area contributed by atoms with Crippen molar-refractivity contribution < 1.29 is 4.79 Å². The number of amides is 1. The average molecular weight is 320 g/mol. The Morgan fingerprint density at radius 3 is 2.70 bits per heavy atom. The third kappa shape index (κ3) is 3.05. The Bertz CT molecular complexity index is 896. The van der Waals surface area contributed by atoms with Crippen molar-refractivity contribution in [3.05, 3.63) is 65.9 Å². The van der Waals surface area contributed by atoms with E-state index in [-0.39, 0.29) is 0 Å². The van der Waals surface area contributed by atoms with Crippen LogP contribution in [0.5, 0.6) is 0 Å². The third-order valence-corrected chi connectivity index (χ3v) is 4.32. The van der Waals surface area contributed by atoms with Crippen molar-refractivity contribution in [3.8, 4) is 16.5 Å². The molecule has 0 aliphatic heterocycles. The number of hydrogen-bond donors (Lipinski definition) is 2. The van der Waals surface area contributed by atoms with Crippen LogP contribution in [0.4, 0.5) is 10.8 Å². The first-order valence-corrected chi connectivity index (χ1v) is 7.62. The number of nitrogens with zero attached hydrogens (tertiary/aromatic N) is 2. The number of pyridine rings is 1. The van der Waals surface area contributed by atoms with E-state index in [0.717, 1.165) is 10.4 Å². The summed E-state index contributed by atoms with van der Waals surface area (Å²) in [6.45, 7) is 0. The van der Waals surface area contributed by atoms with Crippen LogP contribution in [0.1, 0.15) is 15.9 Å². The van der Waals surface area contributed by atoms with E-state index >= 15 is 0 Å². The zero-order valence-corrected chi connectivity index (χ0v) is 12.8. The van der Waals surface area contributed by atoms with Crippen molar-refractivity contribution in [2.45, 2.75) is 0 Å². The zero-order chi connectivity index (χ0) is 16.2. The summed E-state index contributed by atoms with van der Waals surface area (Å²) in [4.78, 5) is 16.8. The first-order chi connectivity index (χ1) is 11.2. The number of hydrogen-bond acceptors (Lipinski definition) is 5. The molecule has 1 aromatic carbocycles. The van der Waals surface area contributed by atoms with Crippen LogP contribution in [0.15, 0.2) is 54.7 Å². The van der Waals surface area contributed by atoms with E-state index in [9.17, 15) is 4.79 Å². The SMILES string of the molecule is N#Cc1cccnc1Nc1sc(-c2ccccc2)cc1C(N)=O. The second-order valence-electron chi connectivity index (χ2n) is 4.72. The summed E-state index contributed by atoms with van der Waals surface area (Å²) >= 11 is 1.39. The van der Waals surface area contributed by atoms with Gasteiger partial charge in [0, 0.05) is 11.1 Å². The zero-order valence-electron chi connectivity index (χ0n) is 12.0. The van der Waals surface area contributed by atoms with Crippen LogP contribution < -0.4 is 11.1 Å². The summed E-state index contributed by atoms with van der Waals surface area (Å²) < 4.78 is 0. The van der Waals surface area contributed by atoms with Gasteiger partial charge in [0.25, 0.3) is 5.91 Å². The van der Waals surface area contributed by atoms with Crippen LogP contribution >= 0.6 is 11.3 Å². The predicted molar refractivity (Wildman–Crippen MR) is 90.5 cm³/mol. The molecule has 0 unspecified atom stereocenters. The summed E-state index contributed by atoms with van der Waals surface area (Å²) in [6, 6.07) is 16.9. The summed E-state index contributed by atoms with van der Waals surface area (Å²) in [5, 5.41) is 12.8. The van der Waals surface area contributed by atoms with Gasteiger partial charge in [-0.05, 0) is 23.8 Å².